The van der Waals surface area contributed by atoms with Gasteiger partial charge in [-0.15, -0.1) is 0 Å². The molecule has 5 heteroatoms. The second-order valence-electron chi connectivity index (χ2n) is 5.07. The molecule has 100 valence electrons. The van der Waals surface area contributed by atoms with Crippen LogP contribution < -0.4 is 10.6 Å². The van der Waals surface area contributed by atoms with Crippen molar-refractivity contribution in [1.82, 2.24) is 15.3 Å². The standard InChI is InChI=1S/C14H18N4O/c1-14(2,12(19)15-3)9-17-13-16-8-10-6-4-5-7-11(10)18-13/h4-8H,9H2,1-3H3,(H,15,19)(H,16,17,18). The van der Waals surface area contributed by atoms with Gasteiger partial charge in [0.05, 0.1) is 10.9 Å². The highest BCUT2D eigenvalue weighted by molar-refractivity contribution is 5.82. The molecule has 0 aliphatic carbocycles. The van der Waals surface area contributed by atoms with Crippen molar-refractivity contribution in [2.24, 2.45) is 5.41 Å². The van der Waals surface area contributed by atoms with Crippen LogP contribution in [0.2, 0.25) is 0 Å². The third-order valence-corrected chi connectivity index (χ3v) is 3.02. The smallest absolute Gasteiger partial charge is 0.227 e. The number of rotatable bonds is 4. The topological polar surface area (TPSA) is 66.9 Å². The van der Waals surface area contributed by atoms with Gasteiger partial charge in [-0.2, -0.15) is 0 Å². The Morgan fingerprint density at radius 1 is 1.32 bits per heavy atom. The lowest BCUT2D eigenvalue weighted by Gasteiger charge is -2.22. The summed E-state index contributed by atoms with van der Waals surface area (Å²) in [4.78, 5) is 20.3. The first-order valence-electron chi connectivity index (χ1n) is 6.21. The average molecular weight is 258 g/mol. The second kappa shape index (κ2) is 5.22. The fourth-order valence-corrected chi connectivity index (χ4v) is 1.78. The van der Waals surface area contributed by atoms with Gasteiger partial charge < -0.3 is 10.6 Å². The number of aromatic nitrogens is 2. The molecule has 19 heavy (non-hydrogen) atoms. The van der Waals surface area contributed by atoms with Gasteiger partial charge in [-0.1, -0.05) is 18.2 Å². The Balaban J connectivity index is 2.12. The predicted octanol–water partition coefficient (Wildman–Crippen LogP) is 1.81. The molecule has 0 aliphatic rings. The Bertz CT molecular complexity index is 595. The highest BCUT2D eigenvalue weighted by atomic mass is 16.2. The summed E-state index contributed by atoms with van der Waals surface area (Å²) in [6.45, 7) is 4.23. The first kappa shape index (κ1) is 13.3. The predicted molar refractivity (Wildman–Crippen MR) is 75.9 cm³/mol. The lowest BCUT2D eigenvalue weighted by molar-refractivity contribution is -0.128. The zero-order valence-electron chi connectivity index (χ0n) is 11.4. The molecule has 2 N–H and O–H groups in total. The molecule has 2 aromatic rings. The summed E-state index contributed by atoms with van der Waals surface area (Å²) in [6, 6.07) is 7.79. The van der Waals surface area contributed by atoms with Crippen molar-refractivity contribution in [2.75, 3.05) is 18.9 Å². The molecule has 1 aromatic carbocycles. The first-order chi connectivity index (χ1) is 9.03. The third kappa shape index (κ3) is 2.99. The Hall–Kier alpha value is -2.17. The van der Waals surface area contributed by atoms with Crippen LogP contribution in [0, 0.1) is 5.41 Å². The number of nitrogens with zero attached hydrogens (tertiary/aromatic N) is 2. The monoisotopic (exact) mass is 258 g/mol. The van der Waals surface area contributed by atoms with Crippen molar-refractivity contribution >= 4 is 22.8 Å². The van der Waals surface area contributed by atoms with Gasteiger partial charge in [-0.05, 0) is 19.9 Å². The molecule has 0 saturated heterocycles. The molecule has 0 unspecified atom stereocenters. The Labute approximate surface area is 112 Å². The SMILES string of the molecule is CNC(=O)C(C)(C)CNc1ncc2ccccc2n1. The number of carbonyl (C=O) groups is 1. The highest BCUT2D eigenvalue weighted by Gasteiger charge is 2.26. The summed E-state index contributed by atoms with van der Waals surface area (Å²) < 4.78 is 0. The summed E-state index contributed by atoms with van der Waals surface area (Å²) in [5.74, 6) is 0.525. The van der Waals surface area contributed by atoms with E-state index in [1.807, 2.05) is 38.1 Å². The van der Waals surface area contributed by atoms with Crippen LogP contribution in [0.3, 0.4) is 0 Å². The number of anilines is 1. The van der Waals surface area contributed by atoms with Crippen molar-refractivity contribution in [3.63, 3.8) is 0 Å². The lowest BCUT2D eigenvalue weighted by atomic mass is 9.92. The normalized spacial score (nSPS) is 11.3. The summed E-state index contributed by atoms with van der Waals surface area (Å²) in [7, 11) is 1.64. The summed E-state index contributed by atoms with van der Waals surface area (Å²) in [5.41, 5.74) is 0.377. The zero-order valence-corrected chi connectivity index (χ0v) is 11.4. The quantitative estimate of drug-likeness (QED) is 0.877. The van der Waals surface area contributed by atoms with Crippen molar-refractivity contribution in [3.8, 4) is 0 Å². The van der Waals surface area contributed by atoms with Crippen LogP contribution in [0.25, 0.3) is 10.9 Å². The summed E-state index contributed by atoms with van der Waals surface area (Å²) >= 11 is 0. The van der Waals surface area contributed by atoms with Crippen LogP contribution in [-0.4, -0.2) is 29.5 Å². The van der Waals surface area contributed by atoms with Gasteiger partial charge in [0.1, 0.15) is 0 Å². The van der Waals surface area contributed by atoms with Gasteiger partial charge >= 0.3 is 0 Å². The molecule has 0 fully saturated rings. The van der Waals surface area contributed by atoms with Crippen LogP contribution in [0.4, 0.5) is 5.95 Å². The molecular weight excluding hydrogens is 240 g/mol. The molecule has 1 amide bonds. The second-order valence-corrected chi connectivity index (χ2v) is 5.07. The number of para-hydroxylation sites is 1. The Morgan fingerprint density at radius 2 is 2.05 bits per heavy atom. The zero-order chi connectivity index (χ0) is 13.9. The van der Waals surface area contributed by atoms with E-state index in [9.17, 15) is 4.79 Å². The Morgan fingerprint density at radius 3 is 2.79 bits per heavy atom. The fraction of sp³-hybridized carbons (Fsp3) is 0.357. The van der Waals surface area contributed by atoms with Crippen molar-refractivity contribution in [1.29, 1.82) is 0 Å². The van der Waals surface area contributed by atoms with Gasteiger partial charge in [0, 0.05) is 25.2 Å². The van der Waals surface area contributed by atoms with E-state index in [2.05, 4.69) is 20.6 Å². The number of fused-ring (bicyclic) bond motifs is 1. The average Bonchev–Trinajstić information content (AvgIpc) is 2.44. The molecule has 0 radical (unpaired) electrons. The lowest BCUT2D eigenvalue weighted by Crippen LogP contribution is -2.39. The van der Waals surface area contributed by atoms with Gasteiger partial charge in [0.25, 0.3) is 0 Å². The number of carbonyl (C=O) groups excluding carboxylic acids is 1. The van der Waals surface area contributed by atoms with E-state index in [0.29, 0.717) is 12.5 Å². The van der Waals surface area contributed by atoms with E-state index < -0.39 is 5.41 Å². The minimum Gasteiger partial charge on any atom is -0.359 e. The molecule has 5 nitrogen and oxygen atoms in total. The largest absolute Gasteiger partial charge is 0.359 e. The van der Waals surface area contributed by atoms with Gasteiger partial charge in [0.15, 0.2) is 0 Å². The number of benzene rings is 1. The molecule has 1 heterocycles. The van der Waals surface area contributed by atoms with Crippen LogP contribution >= 0.6 is 0 Å². The van der Waals surface area contributed by atoms with Gasteiger partial charge in [-0.25, -0.2) is 9.97 Å². The van der Waals surface area contributed by atoms with E-state index in [-0.39, 0.29) is 5.91 Å². The van der Waals surface area contributed by atoms with E-state index in [1.54, 1.807) is 13.2 Å². The number of hydrogen-bond donors (Lipinski definition) is 2. The number of amides is 1. The molecule has 0 spiro atoms. The molecule has 0 aliphatic heterocycles. The molecule has 0 saturated carbocycles. The highest BCUT2D eigenvalue weighted by Crippen LogP contribution is 2.17. The molecular formula is C14H18N4O. The molecule has 0 bridgehead atoms. The Kier molecular flexibility index (Phi) is 3.64. The minimum atomic E-state index is -0.510. The minimum absolute atomic E-state index is 0.0132. The van der Waals surface area contributed by atoms with Crippen LogP contribution in [0.15, 0.2) is 30.5 Å². The van der Waals surface area contributed by atoms with Gasteiger partial charge in [0.2, 0.25) is 11.9 Å². The van der Waals surface area contributed by atoms with E-state index >= 15 is 0 Å². The van der Waals surface area contributed by atoms with Gasteiger partial charge in [-0.3, -0.25) is 4.79 Å². The summed E-state index contributed by atoms with van der Waals surface area (Å²) in [5, 5.41) is 6.76. The number of nitrogens with one attached hydrogen (secondary N) is 2. The van der Waals surface area contributed by atoms with Crippen molar-refractivity contribution in [3.05, 3.63) is 30.5 Å². The maximum absolute atomic E-state index is 11.7. The third-order valence-electron chi connectivity index (χ3n) is 3.02. The molecule has 2 rings (SSSR count). The fourth-order valence-electron chi connectivity index (χ4n) is 1.78. The van der Waals surface area contributed by atoms with Crippen LogP contribution in [0.5, 0.6) is 0 Å². The van der Waals surface area contributed by atoms with E-state index in [0.717, 1.165) is 10.9 Å². The maximum atomic E-state index is 11.7. The van der Waals surface area contributed by atoms with E-state index in [1.165, 1.54) is 0 Å². The number of hydrogen-bond acceptors (Lipinski definition) is 4. The summed E-state index contributed by atoms with van der Waals surface area (Å²) in [6.07, 6.45) is 1.78. The van der Waals surface area contributed by atoms with Crippen LogP contribution in [-0.2, 0) is 4.79 Å². The van der Waals surface area contributed by atoms with E-state index in [4.69, 9.17) is 0 Å². The van der Waals surface area contributed by atoms with Crippen molar-refractivity contribution < 1.29 is 4.79 Å². The maximum Gasteiger partial charge on any atom is 0.227 e. The van der Waals surface area contributed by atoms with Crippen LogP contribution in [0.1, 0.15) is 13.8 Å². The first-order valence-corrected chi connectivity index (χ1v) is 6.21. The molecule has 0 atom stereocenters. The van der Waals surface area contributed by atoms with Crippen molar-refractivity contribution in [2.45, 2.75) is 13.8 Å². The molecule has 1 aromatic heterocycles.